The van der Waals surface area contributed by atoms with Gasteiger partial charge in [-0.15, -0.1) is 0 Å². The Labute approximate surface area is 246 Å². The van der Waals surface area contributed by atoms with E-state index in [9.17, 15) is 0 Å². The SMILES string of the molecule is CCCCCCCCC=CCCCCCCCCNONCCCCCCCCC=CCCCCCCCC. The molecule has 0 heterocycles. The summed E-state index contributed by atoms with van der Waals surface area (Å²) in [5, 5.41) is 0. The third-order valence-corrected chi connectivity index (χ3v) is 7.73. The molecule has 0 unspecified atom stereocenters. The summed E-state index contributed by atoms with van der Waals surface area (Å²) in [4.78, 5) is 5.37. The molecule has 3 nitrogen and oxygen atoms in total. The van der Waals surface area contributed by atoms with E-state index < -0.39 is 0 Å². The van der Waals surface area contributed by atoms with Gasteiger partial charge in [0.05, 0.1) is 0 Å². The average molecular weight is 549 g/mol. The van der Waals surface area contributed by atoms with Gasteiger partial charge in [-0.1, -0.05) is 154 Å². The van der Waals surface area contributed by atoms with Crippen LogP contribution >= 0.6 is 0 Å². The van der Waals surface area contributed by atoms with E-state index in [2.05, 4.69) is 49.1 Å². The lowest BCUT2D eigenvalue weighted by Crippen LogP contribution is -2.27. The predicted octanol–water partition coefficient (Wildman–Crippen LogP) is 12.1. The van der Waals surface area contributed by atoms with Gasteiger partial charge in [-0.3, -0.25) is 0 Å². The van der Waals surface area contributed by atoms with Gasteiger partial charge in [0.15, 0.2) is 0 Å². The molecule has 0 radical (unpaired) electrons. The maximum absolute atomic E-state index is 5.37. The van der Waals surface area contributed by atoms with E-state index in [0.29, 0.717) is 0 Å². The van der Waals surface area contributed by atoms with Gasteiger partial charge >= 0.3 is 0 Å². The van der Waals surface area contributed by atoms with Crippen molar-refractivity contribution in [1.82, 2.24) is 11.0 Å². The Morgan fingerprint density at radius 3 is 0.897 bits per heavy atom. The standard InChI is InChI=1S/C36H72N2O/c1-3-5-7-9-11-13-15-17-19-21-23-25-27-29-31-33-35-37-39-38-36-34-32-30-28-26-24-22-20-18-16-14-12-10-8-6-4-2/h17-20,37-38H,3-16,21-36H2,1-2H3. The highest BCUT2D eigenvalue weighted by Crippen LogP contribution is 2.11. The zero-order valence-electron chi connectivity index (χ0n) is 26.9. The molecule has 0 aromatic rings. The first-order valence-electron chi connectivity index (χ1n) is 17.8. The van der Waals surface area contributed by atoms with Crippen LogP contribution in [-0.2, 0) is 4.94 Å². The lowest BCUT2D eigenvalue weighted by atomic mass is 10.1. The molecular weight excluding hydrogens is 476 g/mol. The molecule has 0 aromatic heterocycles. The number of hydroxylamine groups is 2. The molecular formula is C36H72N2O. The molecule has 0 bridgehead atoms. The molecule has 232 valence electrons. The van der Waals surface area contributed by atoms with Gasteiger partial charge in [0.25, 0.3) is 0 Å². The van der Waals surface area contributed by atoms with Crippen LogP contribution in [0.2, 0.25) is 0 Å². The van der Waals surface area contributed by atoms with Crippen LogP contribution in [0.15, 0.2) is 24.3 Å². The minimum Gasteiger partial charge on any atom is -0.214 e. The van der Waals surface area contributed by atoms with Crippen LogP contribution in [0.3, 0.4) is 0 Å². The minimum absolute atomic E-state index is 0.946. The number of allylic oxidation sites excluding steroid dienone is 4. The lowest BCUT2D eigenvalue weighted by Gasteiger charge is -2.07. The van der Waals surface area contributed by atoms with Crippen molar-refractivity contribution >= 4 is 0 Å². The fraction of sp³-hybridized carbons (Fsp3) is 0.889. The van der Waals surface area contributed by atoms with Gasteiger partial charge in [-0.2, -0.15) is 11.0 Å². The van der Waals surface area contributed by atoms with Gasteiger partial charge in [0.2, 0.25) is 0 Å². The topological polar surface area (TPSA) is 33.3 Å². The lowest BCUT2D eigenvalue weighted by molar-refractivity contribution is -0.0387. The largest absolute Gasteiger partial charge is 0.214 e. The Bertz CT molecular complexity index is 435. The Kier molecular flexibility index (Phi) is 36.7. The summed E-state index contributed by atoms with van der Waals surface area (Å²) in [7, 11) is 0. The summed E-state index contributed by atoms with van der Waals surface area (Å²) in [6, 6.07) is 0. The van der Waals surface area contributed by atoms with Crippen LogP contribution in [0.1, 0.15) is 194 Å². The molecule has 0 saturated carbocycles. The minimum atomic E-state index is 0.946. The van der Waals surface area contributed by atoms with Crippen LogP contribution in [0.5, 0.6) is 0 Å². The zero-order valence-corrected chi connectivity index (χ0v) is 26.9. The van der Waals surface area contributed by atoms with Crippen molar-refractivity contribution in [1.29, 1.82) is 0 Å². The smallest absolute Gasteiger partial charge is 0.0229 e. The summed E-state index contributed by atoms with van der Waals surface area (Å²) >= 11 is 0. The summed E-state index contributed by atoms with van der Waals surface area (Å²) in [5.74, 6) is 0. The highest BCUT2D eigenvalue weighted by atomic mass is 16.8. The van der Waals surface area contributed by atoms with Gasteiger partial charge in [-0.25, -0.2) is 4.94 Å². The van der Waals surface area contributed by atoms with Crippen LogP contribution in [-0.4, -0.2) is 13.1 Å². The Hall–Kier alpha value is -0.640. The fourth-order valence-electron chi connectivity index (χ4n) is 5.04. The first-order valence-corrected chi connectivity index (χ1v) is 17.8. The molecule has 0 aliphatic rings. The zero-order chi connectivity index (χ0) is 28.2. The average Bonchev–Trinajstić information content (AvgIpc) is 2.95. The number of rotatable bonds is 34. The van der Waals surface area contributed by atoms with E-state index in [1.165, 1.54) is 180 Å². The van der Waals surface area contributed by atoms with Crippen molar-refractivity contribution in [3.8, 4) is 0 Å². The summed E-state index contributed by atoms with van der Waals surface area (Å²) in [5.41, 5.74) is 6.13. The van der Waals surface area contributed by atoms with Crippen LogP contribution < -0.4 is 11.0 Å². The second-order valence-electron chi connectivity index (χ2n) is 11.8. The Morgan fingerprint density at radius 2 is 0.590 bits per heavy atom. The number of hydrogen-bond acceptors (Lipinski definition) is 3. The van der Waals surface area contributed by atoms with Gasteiger partial charge in [-0.05, 0) is 64.2 Å². The fourth-order valence-corrected chi connectivity index (χ4v) is 5.04. The third-order valence-electron chi connectivity index (χ3n) is 7.73. The second kappa shape index (κ2) is 37.4. The maximum Gasteiger partial charge on any atom is 0.0229 e. The number of unbranched alkanes of at least 4 members (excludes halogenated alkanes) is 24. The van der Waals surface area contributed by atoms with Crippen LogP contribution in [0.4, 0.5) is 0 Å². The first-order chi connectivity index (χ1) is 19.4. The maximum atomic E-state index is 5.37. The van der Waals surface area contributed by atoms with Crippen molar-refractivity contribution in [2.75, 3.05) is 13.1 Å². The van der Waals surface area contributed by atoms with Gasteiger partial charge in [0, 0.05) is 13.1 Å². The van der Waals surface area contributed by atoms with Crippen molar-refractivity contribution < 1.29 is 4.94 Å². The van der Waals surface area contributed by atoms with E-state index in [4.69, 9.17) is 4.94 Å². The molecule has 0 aliphatic heterocycles. The third kappa shape index (κ3) is 37.4. The molecule has 0 saturated heterocycles. The number of nitrogens with one attached hydrogen (secondary N) is 2. The first kappa shape index (κ1) is 38.4. The van der Waals surface area contributed by atoms with Crippen LogP contribution in [0.25, 0.3) is 0 Å². The van der Waals surface area contributed by atoms with Gasteiger partial charge in [0.1, 0.15) is 0 Å². The van der Waals surface area contributed by atoms with Crippen molar-refractivity contribution in [3.05, 3.63) is 24.3 Å². The number of hydrogen-bond donors (Lipinski definition) is 2. The van der Waals surface area contributed by atoms with E-state index in [0.717, 1.165) is 13.1 Å². The highest BCUT2D eigenvalue weighted by Gasteiger charge is 1.94. The van der Waals surface area contributed by atoms with E-state index in [1.807, 2.05) is 0 Å². The second-order valence-corrected chi connectivity index (χ2v) is 11.8. The van der Waals surface area contributed by atoms with Crippen molar-refractivity contribution in [3.63, 3.8) is 0 Å². The Balaban J connectivity index is 3.09. The van der Waals surface area contributed by atoms with E-state index >= 15 is 0 Å². The van der Waals surface area contributed by atoms with Crippen molar-refractivity contribution in [2.45, 2.75) is 194 Å². The summed E-state index contributed by atoms with van der Waals surface area (Å²) < 4.78 is 0. The molecule has 0 amide bonds. The monoisotopic (exact) mass is 549 g/mol. The molecule has 2 N–H and O–H groups in total. The van der Waals surface area contributed by atoms with Gasteiger partial charge < -0.3 is 0 Å². The molecule has 3 heteroatoms. The molecule has 0 fully saturated rings. The molecule has 0 rings (SSSR count). The van der Waals surface area contributed by atoms with E-state index in [1.54, 1.807) is 0 Å². The highest BCUT2D eigenvalue weighted by molar-refractivity contribution is 4.82. The quantitative estimate of drug-likeness (QED) is 0.0476. The Morgan fingerprint density at radius 1 is 0.333 bits per heavy atom. The molecule has 0 atom stereocenters. The predicted molar refractivity (Wildman–Crippen MR) is 176 cm³/mol. The molecule has 0 aromatic carbocycles. The molecule has 0 aliphatic carbocycles. The van der Waals surface area contributed by atoms with Crippen molar-refractivity contribution in [2.24, 2.45) is 0 Å². The summed E-state index contributed by atoms with van der Waals surface area (Å²) in [6.45, 7) is 6.47. The van der Waals surface area contributed by atoms with Crippen LogP contribution in [0, 0.1) is 0 Å². The summed E-state index contributed by atoms with van der Waals surface area (Å²) in [6.07, 6.45) is 47.5. The molecule has 0 spiro atoms. The normalized spacial score (nSPS) is 11.9. The molecule has 39 heavy (non-hydrogen) atoms. The van der Waals surface area contributed by atoms with E-state index in [-0.39, 0.29) is 0 Å².